The molecule has 0 atom stereocenters. The third-order valence-electron chi connectivity index (χ3n) is 3.41. The average molecular weight is 370 g/mol. The molecule has 2 aromatic carbocycles. The number of halogens is 1. The number of aryl methyl sites for hydroxylation is 1. The van der Waals surface area contributed by atoms with Crippen molar-refractivity contribution in [2.24, 2.45) is 5.10 Å². The number of nitrogens with one attached hydrogen (secondary N) is 2. The SMILES string of the molecule is Cc1n[nH]c(=O)nc1NN=Cc1cccc(OCc2cccc(Cl)c2)c1. The minimum atomic E-state index is -0.537. The minimum Gasteiger partial charge on any atom is -0.489 e. The van der Waals surface area contributed by atoms with Crippen molar-refractivity contribution in [1.82, 2.24) is 15.2 Å². The van der Waals surface area contributed by atoms with E-state index in [1.165, 1.54) is 0 Å². The summed E-state index contributed by atoms with van der Waals surface area (Å²) < 4.78 is 5.78. The first kappa shape index (κ1) is 17.6. The fourth-order valence-electron chi connectivity index (χ4n) is 2.14. The van der Waals surface area contributed by atoms with Crippen LogP contribution >= 0.6 is 11.6 Å². The van der Waals surface area contributed by atoms with E-state index in [4.69, 9.17) is 16.3 Å². The summed E-state index contributed by atoms with van der Waals surface area (Å²) in [5.41, 5.74) is 4.53. The fourth-order valence-corrected chi connectivity index (χ4v) is 2.36. The third-order valence-corrected chi connectivity index (χ3v) is 3.65. The van der Waals surface area contributed by atoms with Crippen LogP contribution in [-0.4, -0.2) is 21.4 Å². The van der Waals surface area contributed by atoms with Crippen LogP contribution in [0.5, 0.6) is 5.75 Å². The van der Waals surface area contributed by atoms with Gasteiger partial charge in [-0.15, -0.1) is 0 Å². The molecular formula is C18H16ClN5O2. The molecule has 3 rings (SSSR count). The molecule has 1 heterocycles. The van der Waals surface area contributed by atoms with Crippen molar-refractivity contribution >= 4 is 23.6 Å². The Hall–Kier alpha value is -3.19. The molecule has 8 heteroatoms. The predicted octanol–water partition coefficient (Wildman–Crippen LogP) is 3.15. The number of H-pyrrole nitrogens is 1. The number of aromatic nitrogens is 3. The highest BCUT2D eigenvalue weighted by molar-refractivity contribution is 6.30. The van der Waals surface area contributed by atoms with E-state index in [0.717, 1.165) is 11.1 Å². The monoisotopic (exact) mass is 369 g/mol. The van der Waals surface area contributed by atoms with Gasteiger partial charge in [0.1, 0.15) is 18.1 Å². The lowest BCUT2D eigenvalue weighted by Crippen LogP contribution is -2.15. The van der Waals surface area contributed by atoms with Crippen molar-refractivity contribution in [3.05, 3.63) is 80.9 Å². The van der Waals surface area contributed by atoms with Crippen LogP contribution in [0.1, 0.15) is 16.8 Å². The Morgan fingerprint density at radius 2 is 2.12 bits per heavy atom. The van der Waals surface area contributed by atoms with E-state index in [1.54, 1.807) is 13.1 Å². The summed E-state index contributed by atoms with van der Waals surface area (Å²) in [6.45, 7) is 2.13. The fraction of sp³-hybridized carbons (Fsp3) is 0.111. The van der Waals surface area contributed by atoms with Crippen LogP contribution in [0.15, 0.2) is 58.4 Å². The lowest BCUT2D eigenvalue weighted by Gasteiger charge is -2.07. The van der Waals surface area contributed by atoms with E-state index in [2.05, 4.69) is 25.7 Å². The van der Waals surface area contributed by atoms with E-state index in [0.29, 0.717) is 28.9 Å². The molecule has 1 aromatic heterocycles. The van der Waals surface area contributed by atoms with Crippen molar-refractivity contribution in [2.45, 2.75) is 13.5 Å². The van der Waals surface area contributed by atoms with Gasteiger partial charge in [-0.05, 0) is 42.3 Å². The Labute approximate surface area is 154 Å². The van der Waals surface area contributed by atoms with Gasteiger partial charge in [0.15, 0.2) is 5.82 Å². The largest absolute Gasteiger partial charge is 0.489 e. The van der Waals surface area contributed by atoms with Crippen LogP contribution < -0.4 is 15.9 Å². The summed E-state index contributed by atoms with van der Waals surface area (Å²) in [5, 5.41) is 10.8. The maximum absolute atomic E-state index is 11.2. The van der Waals surface area contributed by atoms with Crippen LogP contribution in [0.2, 0.25) is 5.02 Å². The molecule has 26 heavy (non-hydrogen) atoms. The van der Waals surface area contributed by atoms with Crippen LogP contribution in [0.4, 0.5) is 5.82 Å². The summed E-state index contributed by atoms with van der Waals surface area (Å²) in [6, 6.07) is 15.0. The highest BCUT2D eigenvalue weighted by atomic mass is 35.5. The topological polar surface area (TPSA) is 92.3 Å². The highest BCUT2D eigenvalue weighted by Crippen LogP contribution is 2.16. The van der Waals surface area contributed by atoms with Crippen LogP contribution in [0, 0.1) is 6.92 Å². The quantitative estimate of drug-likeness (QED) is 0.514. The Balaban J connectivity index is 1.63. The Kier molecular flexibility index (Phi) is 5.60. The number of nitrogens with zero attached hydrogens (tertiary/aromatic N) is 3. The number of hydrazone groups is 1. The van der Waals surface area contributed by atoms with Gasteiger partial charge in [-0.3, -0.25) is 5.43 Å². The van der Waals surface area contributed by atoms with Crippen molar-refractivity contribution in [1.29, 1.82) is 0 Å². The minimum absolute atomic E-state index is 0.304. The van der Waals surface area contributed by atoms with Gasteiger partial charge in [-0.1, -0.05) is 35.9 Å². The van der Waals surface area contributed by atoms with Gasteiger partial charge in [-0.25, -0.2) is 9.89 Å². The molecule has 0 aliphatic carbocycles. The first-order chi connectivity index (χ1) is 12.6. The van der Waals surface area contributed by atoms with E-state index in [-0.39, 0.29) is 0 Å². The van der Waals surface area contributed by atoms with Gasteiger partial charge in [0.25, 0.3) is 0 Å². The molecule has 0 bridgehead atoms. The Morgan fingerprint density at radius 1 is 1.27 bits per heavy atom. The summed E-state index contributed by atoms with van der Waals surface area (Å²) >= 11 is 5.97. The molecule has 132 valence electrons. The molecule has 0 saturated heterocycles. The lowest BCUT2D eigenvalue weighted by atomic mass is 10.2. The number of ether oxygens (including phenoxy) is 1. The number of anilines is 1. The zero-order valence-electron chi connectivity index (χ0n) is 13.9. The van der Waals surface area contributed by atoms with Gasteiger partial charge < -0.3 is 4.74 Å². The van der Waals surface area contributed by atoms with Gasteiger partial charge in [0.05, 0.1) is 6.21 Å². The third kappa shape index (κ3) is 4.90. The van der Waals surface area contributed by atoms with E-state index < -0.39 is 5.69 Å². The molecule has 0 amide bonds. The second-order valence-corrected chi connectivity index (χ2v) is 5.87. The summed E-state index contributed by atoms with van der Waals surface area (Å²) in [7, 11) is 0. The van der Waals surface area contributed by atoms with Crippen LogP contribution in [0.25, 0.3) is 0 Å². The Bertz CT molecular complexity index is 987. The number of hydrogen-bond donors (Lipinski definition) is 2. The standard InChI is InChI=1S/C18H16ClN5O2/c1-12-17(21-18(25)24-22-12)23-20-10-13-4-3-7-16(9-13)26-11-14-5-2-6-15(19)8-14/h2-10H,11H2,1H3,(H2,21,23,24,25). The van der Waals surface area contributed by atoms with Crippen molar-refractivity contribution in [2.75, 3.05) is 5.43 Å². The number of aromatic amines is 1. The summed E-state index contributed by atoms with van der Waals surface area (Å²) in [4.78, 5) is 14.9. The van der Waals surface area contributed by atoms with Gasteiger partial charge in [-0.2, -0.15) is 15.2 Å². The summed E-state index contributed by atoms with van der Waals surface area (Å²) in [6.07, 6.45) is 1.61. The first-order valence-corrected chi connectivity index (χ1v) is 8.18. The maximum Gasteiger partial charge on any atom is 0.363 e. The van der Waals surface area contributed by atoms with E-state index in [9.17, 15) is 4.79 Å². The molecule has 0 saturated carbocycles. The molecule has 0 aliphatic heterocycles. The number of hydrogen-bond acceptors (Lipinski definition) is 6. The van der Waals surface area contributed by atoms with E-state index >= 15 is 0 Å². The molecule has 3 aromatic rings. The average Bonchev–Trinajstić information content (AvgIpc) is 2.63. The van der Waals surface area contributed by atoms with Crippen LogP contribution in [0.3, 0.4) is 0 Å². The number of benzene rings is 2. The molecule has 7 nitrogen and oxygen atoms in total. The van der Waals surface area contributed by atoms with E-state index in [1.807, 2.05) is 48.5 Å². The zero-order chi connectivity index (χ0) is 18.4. The molecule has 0 fully saturated rings. The normalized spacial score (nSPS) is 10.8. The molecule has 2 N–H and O–H groups in total. The Morgan fingerprint density at radius 3 is 2.96 bits per heavy atom. The second kappa shape index (κ2) is 8.26. The molecule has 0 spiro atoms. The van der Waals surface area contributed by atoms with Crippen molar-refractivity contribution in [3.8, 4) is 5.75 Å². The molecule has 0 aliphatic rings. The van der Waals surface area contributed by atoms with Gasteiger partial charge in [0, 0.05) is 5.02 Å². The molecule has 0 radical (unpaired) electrons. The second-order valence-electron chi connectivity index (χ2n) is 5.44. The molecular weight excluding hydrogens is 354 g/mol. The van der Waals surface area contributed by atoms with Crippen molar-refractivity contribution < 1.29 is 4.74 Å². The predicted molar refractivity (Wildman–Crippen MR) is 101 cm³/mol. The zero-order valence-corrected chi connectivity index (χ0v) is 14.7. The van der Waals surface area contributed by atoms with Gasteiger partial charge in [0.2, 0.25) is 0 Å². The highest BCUT2D eigenvalue weighted by Gasteiger charge is 2.01. The maximum atomic E-state index is 11.2. The van der Waals surface area contributed by atoms with Crippen molar-refractivity contribution in [3.63, 3.8) is 0 Å². The molecule has 0 unspecified atom stereocenters. The first-order valence-electron chi connectivity index (χ1n) is 7.80. The number of rotatable bonds is 6. The van der Waals surface area contributed by atoms with Crippen LogP contribution in [-0.2, 0) is 6.61 Å². The van der Waals surface area contributed by atoms with Gasteiger partial charge >= 0.3 is 5.69 Å². The smallest absolute Gasteiger partial charge is 0.363 e. The lowest BCUT2D eigenvalue weighted by molar-refractivity contribution is 0.306. The summed E-state index contributed by atoms with van der Waals surface area (Å²) in [5.74, 6) is 1.01.